The minimum Gasteiger partial charge on any atom is -0.497 e. The van der Waals surface area contributed by atoms with Crippen LogP contribution in [0.15, 0.2) is 18.2 Å². The Morgan fingerprint density at radius 2 is 2.11 bits per heavy atom. The molecule has 3 N–H and O–H groups in total. The molecule has 1 aromatic carbocycles. The summed E-state index contributed by atoms with van der Waals surface area (Å²) in [4.78, 5) is 4.26. The van der Waals surface area contributed by atoms with Gasteiger partial charge in [-0.3, -0.25) is 5.10 Å². The van der Waals surface area contributed by atoms with E-state index in [1.807, 2.05) is 18.2 Å². The Hall–Kier alpha value is -2.08. The fraction of sp³-hybridized carbons (Fsp3) is 0.333. The van der Waals surface area contributed by atoms with Gasteiger partial charge in [0, 0.05) is 18.1 Å². The van der Waals surface area contributed by atoms with Gasteiger partial charge in [-0.2, -0.15) is 5.10 Å². The number of benzene rings is 1. The van der Waals surface area contributed by atoms with Gasteiger partial charge in [-0.05, 0) is 6.07 Å². The second kappa shape index (κ2) is 5.50. The molecule has 0 saturated carbocycles. The van der Waals surface area contributed by atoms with E-state index in [-0.39, 0.29) is 0 Å². The number of nitrogens with one attached hydrogen (secondary N) is 1. The smallest absolute Gasteiger partial charge is 0.164 e. The number of hydrogen-bond acceptors (Lipinski definition) is 5. The first-order valence-electron chi connectivity index (χ1n) is 5.58. The minimum absolute atomic E-state index is 0.330. The van der Waals surface area contributed by atoms with Gasteiger partial charge in [-0.15, -0.1) is 0 Å². The second-order valence-electron chi connectivity index (χ2n) is 3.76. The van der Waals surface area contributed by atoms with Gasteiger partial charge >= 0.3 is 0 Å². The van der Waals surface area contributed by atoms with Crippen LogP contribution in [0.25, 0.3) is 0 Å². The molecule has 0 unspecified atom stereocenters. The molecule has 0 bridgehead atoms. The maximum absolute atomic E-state index is 5.46. The van der Waals surface area contributed by atoms with E-state index in [2.05, 4.69) is 15.2 Å². The van der Waals surface area contributed by atoms with Gasteiger partial charge in [0.2, 0.25) is 0 Å². The molecule has 0 aliphatic carbocycles. The Kier molecular flexibility index (Phi) is 3.78. The van der Waals surface area contributed by atoms with E-state index < -0.39 is 0 Å². The standard InChI is InChI=1S/C12H16N4O2/c1-17-9-4-3-8(10(6-9)18-2)5-11-14-12(7-13)16-15-11/h3-4,6H,5,7,13H2,1-2H3,(H,14,15,16). The molecule has 6 nitrogen and oxygen atoms in total. The molecule has 0 aliphatic rings. The SMILES string of the molecule is COc1ccc(Cc2nc(CN)n[nH]2)c(OC)c1. The molecule has 0 fully saturated rings. The largest absolute Gasteiger partial charge is 0.497 e. The quantitative estimate of drug-likeness (QED) is 0.820. The maximum Gasteiger partial charge on any atom is 0.164 e. The number of aromatic amines is 1. The van der Waals surface area contributed by atoms with Crippen LogP contribution in [0.1, 0.15) is 17.2 Å². The summed E-state index contributed by atoms with van der Waals surface area (Å²) in [6, 6.07) is 5.68. The Morgan fingerprint density at radius 1 is 1.28 bits per heavy atom. The van der Waals surface area contributed by atoms with Crippen molar-refractivity contribution in [3.8, 4) is 11.5 Å². The molecule has 0 spiro atoms. The summed E-state index contributed by atoms with van der Waals surface area (Å²) in [5.74, 6) is 2.90. The highest BCUT2D eigenvalue weighted by Crippen LogP contribution is 2.25. The zero-order chi connectivity index (χ0) is 13.0. The molecular weight excluding hydrogens is 232 g/mol. The second-order valence-corrected chi connectivity index (χ2v) is 3.76. The van der Waals surface area contributed by atoms with Gasteiger partial charge < -0.3 is 15.2 Å². The highest BCUT2D eigenvalue weighted by atomic mass is 16.5. The van der Waals surface area contributed by atoms with Crippen molar-refractivity contribution < 1.29 is 9.47 Å². The van der Waals surface area contributed by atoms with E-state index in [0.29, 0.717) is 18.8 Å². The first-order chi connectivity index (χ1) is 8.76. The van der Waals surface area contributed by atoms with Gasteiger partial charge in [-0.25, -0.2) is 4.98 Å². The third-order valence-electron chi connectivity index (χ3n) is 2.61. The normalized spacial score (nSPS) is 10.4. The fourth-order valence-corrected chi connectivity index (χ4v) is 1.68. The highest BCUT2D eigenvalue weighted by Gasteiger charge is 2.08. The van der Waals surface area contributed by atoms with E-state index in [1.165, 1.54) is 0 Å². The number of ether oxygens (including phenoxy) is 2. The van der Waals surface area contributed by atoms with Crippen molar-refractivity contribution in [1.29, 1.82) is 0 Å². The van der Waals surface area contributed by atoms with Crippen molar-refractivity contribution in [3.05, 3.63) is 35.4 Å². The number of H-pyrrole nitrogens is 1. The van der Waals surface area contributed by atoms with Gasteiger partial charge in [0.25, 0.3) is 0 Å². The van der Waals surface area contributed by atoms with Gasteiger partial charge in [0.05, 0.1) is 20.8 Å². The van der Waals surface area contributed by atoms with E-state index in [0.717, 1.165) is 22.9 Å². The summed E-state index contributed by atoms with van der Waals surface area (Å²) in [6.07, 6.45) is 0.611. The van der Waals surface area contributed by atoms with Crippen LogP contribution in [0.2, 0.25) is 0 Å². The zero-order valence-corrected chi connectivity index (χ0v) is 10.4. The first kappa shape index (κ1) is 12.4. The number of nitrogens with zero attached hydrogens (tertiary/aromatic N) is 2. The number of nitrogens with two attached hydrogens (primary N) is 1. The average Bonchev–Trinajstić information content (AvgIpc) is 2.87. The topological polar surface area (TPSA) is 86.0 Å². The summed E-state index contributed by atoms with van der Waals surface area (Å²) in [5, 5.41) is 6.85. The molecule has 0 radical (unpaired) electrons. The van der Waals surface area contributed by atoms with Crippen molar-refractivity contribution in [3.63, 3.8) is 0 Å². The Labute approximate surface area is 105 Å². The molecule has 0 aliphatic heterocycles. The van der Waals surface area contributed by atoms with Crippen LogP contribution >= 0.6 is 0 Å². The van der Waals surface area contributed by atoms with Gasteiger partial charge in [0.15, 0.2) is 5.82 Å². The molecule has 2 aromatic rings. The number of aromatic nitrogens is 3. The molecule has 0 atom stereocenters. The van der Waals surface area contributed by atoms with Gasteiger partial charge in [0.1, 0.15) is 17.3 Å². The summed E-state index contributed by atoms with van der Waals surface area (Å²) >= 11 is 0. The van der Waals surface area contributed by atoms with E-state index in [9.17, 15) is 0 Å². The lowest BCUT2D eigenvalue weighted by molar-refractivity contribution is 0.391. The van der Waals surface area contributed by atoms with Crippen LogP contribution in [-0.4, -0.2) is 29.4 Å². The highest BCUT2D eigenvalue weighted by molar-refractivity contribution is 5.41. The molecule has 96 valence electrons. The third-order valence-corrected chi connectivity index (χ3v) is 2.61. The molecule has 1 aromatic heterocycles. The molecule has 18 heavy (non-hydrogen) atoms. The maximum atomic E-state index is 5.46. The van der Waals surface area contributed by atoms with Crippen LogP contribution in [-0.2, 0) is 13.0 Å². The van der Waals surface area contributed by atoms with Crippen molar-refractivity contribution >= 4 is 0 Å². The minimum atomic E-state index is 0.330. The monoisotopic (exact) mass is 248 g/mol. The Morgan fingerprint density at radius 3 is 2.72 bits per heavy atom. The summed E-state index contributed by atoms with van der Waals surface area (Å²) in [5.41, 5.74) is 6.48. The van der Waals surface area contributed by atoms with Crippen LogP contribution in [0.4, 0.5) is 0 Å². The van der Waals surface area contributed by atoms with E-state index in [1.54, 1.807) is 14.2 Å². The Balaban J connectivity index is 2.22. The van der Waals surface area contributed by atoms with Crippen molar-refractivity contribution in [2.45, 2.75) is 13.0 Å². The van der Waals surface area contributed by atoms with Crippen LogP contribution in [0, 0.1) is 0 Å². The van der Waals surface area contributed by atoms with Crippen LogP contribution in [0.5, 0.6) is 11.5 Å². The predicted octanol–water partition coefficient (Wildman–Crippen LogP) is 0.871. The van der Waals surface area contributed by atoms with Crippen molar-refractivity contribution in [1.82, 2.24) is 15.2 Å². The summed E-state index contributed by atoms with van der Waals surface area (Å²) in [6.45, 7) is 0.330. The molecule has 6 heteroatoms. The molecule has 0 amide bonds. The number of rotatable bonds is 5. The molecule has 1 heterocycles. The summed E-state index contributed by atoms with van der Waals surface area (Å²) in [7, 11) is 3.25. The average molecular weight is 248 g/mol. The lowest BCUT2D eigenvalue weighted by Crippen LogP contribution is -1.99. The molecule has 0 saturated heterocycles. The van der Waals surface area contributed by atoms with Gasteiger partial charge in [-0.1, -0.05) is 6.07 Å². The van der Waals surface area contributed by atoms with Crippen LogP contribution in [0.3, 0.4) is 0 Å². The number of methoxy groups -OCH3 is 2. The molecule has 2 rings (SSSR count). The predicted molar refractivity (Wildman–Crippen MR) is 66.6 cm³/mol. The lowest BCUT2D eigenvalue weighted by Gasteiger charge is -2.08. The lowest BCUT2D eigenvalue weighted by atomic mass is 10.1. The van der Waals surface area contributed by atoms with Crippen LogP contribution < -0.4 is 15.2 Å². The molecular formula is C12H16N4O2. The fourth-order valence-electron chi connectivity index (χ4n) is 1.68. The third kappa shape index (κ3) is 2.60. The zero-order valence-electron chi connectivity index (χ0n) is 10.4. The van der Waals surface area contributed by atoms with Crippen molar-refractivity contribution in [2.24, 2.45) is 5.73 Å². The van der Waals surface area contributed by atoms with E-state index >= 15 is 0 Å². The Bertz CT molecular complexity index is 525. The van der Waals surface area contributed by atoms with E-state index in [4.69, 9.17) is 15.2 Å². The first-order valence-corrected chi connectivity index (χ1v) is 5.58. The summed E-state index contributed by atoms with van der Waals surface area (Å²) < 4.78 is 10.5. The van der Waals surface area contributed by atoms with Crippen molar-refractivity contribution in [2.75, 3.05) is 14.2 Å². The number of hydrogen-bond donors (Lipinski definition) is 2.